The molecule has 1 aromatic carbocycles. The van der Waals surface area contributed by atoms with Gasteiger partial charge in [0.1, 0.15) is 5.54 Å². The van der Waals surface area contributed by atoms with Gasteiger partial charge in [0.2, 0.25) is 11.8 Å². The van der Waals surface area contributed by atoms with Gasteiger partial charge in [-0.3, -0.25) is 9.59 Å². The number of benzene rings is 1. The Bertz CT molecular complexity index is 596. The summed E-state index contributed by atoms with van der Waals surface area (Å²) in [6, 6.07) is 9.92. The largest absolute Gasteiger partial charge is 0.375 e. The van der Waals surface area contributed by atoms with Crippen LogP contribution in [0.3, 0.4) is 0 Å². The van der Waals surface area contributed by atoms with E-state index in [0.29, 0.717) is 26.2 Å². The molecular formula is C20H28N2O3. The molecule has 1 spiro atoms. The number of hydrogen-bond acceptors (Lipinski definition) is 3. The van der Waals surface area contributed by atoms with Gasteiger partial charge >= 0.3 is 0 Å². The van der Waals surface area contributed by atoms with E-state index in [0.717, 1.165) is 37.7 Å². The first-order valence-electron chi connectivity index (χ1n) is 9.34. The van der Waals surface area contributed by atoms with Crippen LogP contribution in [-0.2, 0) is 20.9 Å². The lowest BCUT2D eigenvalue weighted by atomic mass is 9.80. The molecule has 1 aliphatic carbocycles. The van der Waals surface area contributed by atoms with E-state index < -0.39 is 5.54 Å². The molecule has 5 nitrogen and oxygen atoms in total. The maximum atomic E-state index is 13.2. The molecule has 25 heavy (non-hydrogen) atoms. The van der Waals surface area contributed by atoms with Crippen molar-refractivity contribution < 1.29 is 14.3 Å². The minimum atomic E-state index is -0.681. The van der Waals surface area contributed by atoms with Crippen molar-refractivity contribution in [3.8, 4) is 0 Å². The zero-order valence-electron chi connectivity index (χ0n) is 15.0. The number of carbonyl (C=O) groups is 2. The second-order valence-electron chi connectivity index (χ2n) is 7.28. The van der Waals surface area contributed by atoms with Crippen LogP contribution in [0.15, 0.2) is 30.3 Å². The normalized spacial score (nSPS) is 23.4. The van der Waals surface area contributed by atoms with Crippen molar-refractivity contribution >= 4 is 11.8 Å². The number of carbonyl (C=O) groups excluding carboxylic acids is 2. The lowest BCUT2D eigenvalue weighted by molar-refractivity contribution is -0.142. The standard InChI is InChI=1S/C20H28N2O3/c1-16-14-18(23)21-20(10-6-3-7-11-20)19(24)22(16)12-13-25-15-17-8-4-2-5-9-17/h2,4-5,8-9,16H,3,6-7,10-15H2,1H3,(H,21,23). The van der Waals surface area contributed by atoms with Crippen LogP contribution >= 0.6 is 0 Å². The third-order valence-electron chi connectivity index (χ3n) is 5.36. The van der Waals surface area contributed by atoms with Crippen molar-refractivity contribution in [3.05, 3.63) is 35.9 Å². The fourth-order valence-electron chi connectivity index (χ4n) is 3.97. The van der Waals surface area contributed by atoms with E-state index >= 15 is 0 Å². The van der Waals surface area contributed by atoms with Crippen molar-refractivity contribution in [1.29, 1.82) is 0 Å². The summed E-state index contributed by atoms with van der Waals surface area (Å²) in [6.07, 6.45) is 5.02. The predicted molar refractivity (Wildman–Crippen MR) is 95.8 cm³/mol. The molecule has 0 aromatic heterocycles. The maximum absolute atomic E-state index is 13.2. The van der Waals surface area contributed by atoms with Crippen LogP contribution in [0.5, 0.6) is 0 Å². The van der Waals surface area contributed by atoms with E-state index in [1.807, 2.05) is 42.2 Å². The fraction of sp³-hybridized carbons (Fsp3) is 0.600. The van der Waals surface area contributed by atoms with Gasteiger partial charge in [0, 0.05) is 19.0 Å². The highest BCUT2D eigenvalue weighted by Gasteiger charge is 2.46. The minimum Gasteiger partial charge on any atom is -0.375 e. The summed E-state index contributed by atoms with van der Waals surface area (Å²) < 4.78 is 5.76. The lowest BCUT2D eigenvalue weighted by Crippen LogP contribution is -2.59. The number of ether oxygens (including phenoxy) is 1. The smallest absolute Gasteiger partial charge is 0.248 e. The molecule has 1 N–H and O–H groups in total. The molecule has 2 amide bonds. The van der Waals surface area contributed by atoms with Crippen LogP contribution in [0.2, 0.25) is 0 Å². The Labute approximate surface area is 149 Å². The van der Waals surface area contributed by atoms with E-state index in [1.54, 1.807) is 0 Å². The van der Waals surface area contributed by atoms with E-state index in [9.17, 15) is 9.59 Å². The molecule has 1 saturated heterocycles. The van der Waals surface area contributed by atoms with Crippen LogP contribution in [-0.4, -0.2) is 41.4 Å². The number of nitrogens with zero attached hydrogens (tertiary/aromatic N) is 1. The van der Waals surface area contributed by atoms with E-state index in [4.69, 9.17) is 4.74 Å². The van der Waals surface area contributed by atoms with Crippen molar-refractivity contribution in [2.75, 3.05) is 13.2 Å². The van der Waals surface area contributed by atoms with Gasteiger partial charge in [-0.1, -0.05) is 49.6 Å². The molecule has 0 bridgehead atoms. The van der Waals surface area contributed by atoms with Crippen LogP contribution in [0, 0.1) is 0 Å². The van der Waals surface area contributed by atoms with Crippen LogP contribution in [0.1, 0.15) is 51.0 Å². The molecule has 2 fully saturated rings. The quantitative estimate of drug-likeness (QED) is 0.836. The summed E-state index contributed by atoms with van der Waals surface area (Å²) in [6.45, 7) is 3.51. The molecule has 1 aromatic rings. The second kappa shape index (κ2) is 8.00. The van der Waals surface area contributed by atoms with Crippen molar-refractivity contribution in [2.24, 2.45) is 0 Å². The summed E-state index contributed by atoms with van der Waals surface area (Å²) in [5.41, 5.74) is 0.442. The maximum Gasteiger partial charge on any atom is 0.248 e. The molecular weight excluding hydrogens is 316 g/mol. The van der Waals surface area contributed by atoms with Gasteiger partial charge in [-0.25, -0.2) is 0 Å². The molecule has 0 radical (unpaired) electrons. The lowest BCUT2D eigenvalue weighted by Gasteiger charge is -2.39. The first kappa shape index (κ1) is 17.9. The average Bonchev–Trinajstić information content (AvgIpc) is 2.69. The third-order valence-corrected chi connectivity index (χ3v) is 5.36. The molecule has 1 heterocycles. The number of hydrogen-bond donors (Lipinski definition) is 1. The Hall–Kier alpha value is -1.88. The summed E-state index contributed by atoms with van der Waals surface area (Å²) in [4.78, 5) is 27.3. The number of rotatable bonds is 5. The van der Waals surface area contributed by atoms with Gasteiger partial charge in [0.05, 0.1) is 13.2 Å². The number of nitrogens with one attached hydrogen (secondary N) is 1. The van der Waals surface area contributed by atoms with Crippen molar-refractivity contribution in [1.82, 2.24) is 10.2 Å². The summed E-state index contributed by atoms with van der Waals surface area (Å²) in [7, 11) is 0. The Morgan fingerprint density at radius 3 is 2.60 bits per heavy atom. The van der Waals surface area contributed by atoms with Gasteiger partial charge in [0.15, 0.2) is 0 Å². The van der Waals surface area contributed by atoms with Gasteiger partial charge in [-0.15, -0.1) is 0 Å². The molecule has 1 saturated carbocycles. The first-order chi connectivity index (χ1) is 12.1. The highest BCUT2D eigenvalue weighted by Crippen LogP contribution is 2.32. The Kier molecular flexibility index (Phi) is 5.74. The zero-order valence-corrected chi connectivity index (χ0v) is 15.0. The molecule has 136 valence electrons. The molecule has 1 unspecified atom stereocenters. The molecule has 5 heteroatoms. The predicted octanol–water partition coefficient (Wildman–Crippen LogP) is 2.64. The first-order valence-corrected chi connectivity index (χ1v) is 9.34. The van der Waals surface area contributed by atoms with E-state index in [-0.39, 0.29) is 17.9 Å². The van der Waals surface area contributed by atoms with Crippen LogP contribution in [0.25, 0.3) is 0 Å². The van der Waals surface area contributed by atoms with Gasteiger partial charge in [-0.2, -0.15) is 0 Å². The van der Waals surface area contributed by atoms with Crippen molar-refractivity contribution in [3.63, 3.8) is 0 Å². The van der Waals surface area contributed by atoms with Gasteiger partial charge in [-0.05, 0) is 25.3 Å². The van der Waals surface area contributed by atoms with Crippen LogP contribution in [0.4, 0.5) is 0 Å². The zero-order chi connectivity index (χ0) is 17.7. The molecule has 3 rings (SSSR count). The number of amides is 2. The van der Waals surface area contributed by atoms with Crippen LogP contribution < -0.4 is 5.32 Å². The fourth-order valence-corrected chi connectivity index (χ4v) is 3.97. The van der Waals surface area contributed by atoms with Gasteiger partial charge in [0.25, 0.3) is 0 Å². The topological polar surface area (TPSA) is 58.6 Å². The molecule has 1 atom stereocenters. The summed E-state index contributed by atoms with van der Waals surface area (Å²) in [5, 5.41) is 3.05. The molecule has 1 aliphatic heterocycles. The Morgan fingerprint density at radius 1 is 1.16 bits per heavy atom. The van der Waals surface area contributed by atoms with Gasteiger partial charge < -0.3 is 15.0 Å². The highest BCUT2D eigenvalue weighted by molar-refractivity contribution is 5.94. The summed E-state index contributed by atoms with van der Waals surface area (Å²) >= 11 is 0. The minimum absolute atomic E-state index is 0.00421. The van der Waals surface area contributed by atoms with Crippen molar-refractivity contribution in [2.45, 2.75) is 63.6 Å². The molecule has 2 aliphatic rings. The highest BCUT2D eigenvalue weighted by atomic mass is 16.5. The Morgan fingerprint density at radius 2 is 1.88 bits per heavy atom. The third kappa shape index (κ3) is 4.21. The van der Waals surface area contributed by atoms with E-state index in [2.05, 4.69) is 5.32 Å². The SMILES string of the molecule is CC1CC(=O)NC2(CCCCC2)C(=O)N1CCOCc1ccccc1. The Balaban J connectivity index is 1.61. The monoisotopic (exact) mass is 344 g/mol. The summed E-state index contributed by atoms with van der Waals surface area (Å²) in [5.74, 6) is 0.0734. The average molecular weight is 344 g/mol. The van der Waals surface area contributed by atoms with E-state index in [1.165, 1.54) is 0 Å². The second-order valence-corrected chi connectivity index (χ2v) is 7.28.